The van der Waals surface area contributed by atoms with Gasteiger partial charge >= 0.3 is 0 Å². The van der Waals surface area contributed by atoms with Crippen molar-refractivity contribution in [1.82, 2.24) is 14.7 Å². The van der Waals surface area contributed by atoms with Crippen LogP contribution in [0.2, 0.25) is 0 Å². The van der Waals surface area contributed by atoms with E-state index in [1.807, 2.05) is 40.1 Å². The smallest absolute Gasteiger partial charge is 0.253 e. The van der Waals surface area contributed by atoms with Crippen LogP contribution >= 0.6 is 0 Å². The number of hydrogen-bond acceptors (Lipinski definition) is 3. The first kappa shape index (κ1) is 17.0. The van der Waals surface area contributed by atoms with E-state index in [1.165, 1.54) is 6.42 Å². The van der Waals surface area contributed by atoms with Gasteiger partial charge in [-0.05, 0) is 38.1 Å². The molecule has 1 aromatic rings. The summed E-state index contributed by atoms with van der Waals surface area (Å²) >= 11 is 0. The number of piperidine rings is 1. The van der Waals surface area contributed by atoms with E-state index < -0.39 is 0 Å². The second-order valence-corrected chi connectivity index (χ2v) is 6.62. The highest BCUT2D eigenvalue weighted by Crippen LogP contribution is 2.19. The number of likely N-dealkylation sites (N-methyl/N-ethyl adjacent to an activating group) is 1. The van der Waals surface area contributed by atoms with Gasteiger partial charge in [-0.1, -0.05) is 31.5 Å². The molecule has 0 aliphatic carbocycles. The Morgan fingerprint density at radius 1 is 0.958 bits per heavy atom. The van der Waals surface area contributed by atoms with Crippen molar-refractivity contribution in [2.24, 2.45) is 0 Å². The Morgan fingerprint density at radius 2 is 1.62 bits per heavy atom. The summed E-state index contributed by atoms with van der Waals surface area (Å²) in [7, 11) is 0. The second-order valence-electron chi connectivity index (χ2n) is 6.62. The van der Waals surface area contributed by atoms with E-state index in [-0.39, 0.29) is 17.9 Å². The molecule has 24 heavy (non-hydrogen) atoms. The van der Waals surface area contributed by atoms with Gasteiger partial charge in [-0.25, -0.2) is 0 Å². The summed E-state index contributed by atoms with van der Waals surface area (Å²) in [5.74, 6) is 0.318. The highest BCUT2D eigenvalue weighted by molar-refractivity contribution is 5.94. The van der Waals surface area contributed by atoms with Gasteiger partial charge in [0.2, 0.25) is 5.91 Å². The van der Waals surface area contributed by atoms with Crippen LogP contribution < -0.4 is 0 Å². The molecule has 5 nitrogen and oxygen atoms in total. The van der Waals surface area contributed by atoms with Gasteiger partial charge in [-0.3, -0.25) is 14.5 Å². The lowest BCUT2D eigenvalue weighted by molar-refractivity contribution is -0.139. The van der Waals surface area contributed by atoms with E-state index in [9.17, 15) is 9.59 Å². The molecule has 0 aromatic heterocycles. The molecule has 2 saturated heterocycles. The van der Waals surface area contributed by atoms with Crippen LogP contribution in [0.5, 0.6) is 0 Å². The van der Waals surface area contributed by atoms with Crippen LogP contribution in [0.3, 0.4) is 0 Å². The lowest BCUT2D eigenvalue weighted by atomic mass is 10.0. The van der Waals surface area contributed by atoms with Crippen molar-refractivity contribution in [2.45, 2.75) is 32.2 Å². The highest BCUT2D eigenvalue weighted by atomic mass is 16.2. The minimum Gasteiger partial charge on any atom is -0.338 e. The average Bonchev–Trinajstić information content (AvgIpc) is 2.67. The van der Waals surface area contributed by atoms with Crippen molar-refractivity contribution < 1.29 is 9.59 Å². The van der Waals surface area contributed by atoms with E-state index in [0.717, 1.165) is 31.5 Å². The summed E-state index contributed by atoms with van der Waals surface area (Å²) in [4.78, 5) is 31.4. The van der Waals surface area contributed by atoms with Crippen molar-refractivity contribution in [3.63, 3.8) is 0 Å². The maximum Gasteiger partial charge on any atom is 0.253 e. The minimum absolute atomic E-state index is 0.0418. The summed E-state index contributed by atoms with van der Waals surface area (Å²) in [5, 5.41) is 0. The van der Waals surface area contributed by atoms with Crippen molar-refractivity contribution >= 4 is 11.8 Å². The Kier molecular flexibility index (Phi) is 5.51. The van der Waals surface area contributed by atoms with E-state index >= 15 is 0 Å². The first-order valence-corrected chi connectivity index (χ1v) is 9.08. The maximum absolute atomic E-state index is 12.8. The summed E-state index contributed by atoms with van der Waals surface area (Å²) < 4.78 is 0. The number of amides is 2. The lowest BCUT2D eigenvalue weighted by Crippen LogP contribution is -2.56. The molecule has 130 valence electrons. The molecule has 3 rings (SSSR count). The first-order chi connectivity index (χ1) is 11.7. The lowest BCUT2D eigenvalue weighted by Gasteiger charge is -2.40. The predicted octanol–water partition coefficient (Wildman–Crippen LogP) is 1.85. The monoisotopic (exact) mass is 329 g/mol. The minimum atomic E-state index is 0.0418. The fourth-order valence-electron chi connectivity index (χ4n) is 3.75. The van der Waals surface area contributed by atoms with Crippen LogP contribution in [0, 0.1) is 0 Å². The molecule has 0 saturated carbocycles. The fraction of sp³-hybridized carbons (Fsp3) is 0.579. The molecular weight excluding hydrogens is 302 g/mol. The van der Waals surface area contributed by atoms with Crippen LogP contribution in [0.15, 0.2) is 30.3 Å². The highest BCUT2D eigenvalue weighted by Gasteiger charge is 2.33. The number of carbonyl (C=O) groups is 2. The Labute approximate surface area is 144 Å². The number of hydrogen-bond donors (Lipinski definition) is 0. The summed E-state index contributed by atoms with van der Waals surface area (Å²) in [6, 6.07) is 9.42. The van der Waals surface area contributed by atoms with E-state index in [4.69, 9.17) is 0 Å². The molecule has 0 bridgehead atoms. The Morgan fingerprint density at radius 3 is 2.29 bits per heavy atom. The fourth-order valence-corrected chi connectivity index (χ4v) is 3.75. The summed E-state index contributed by atoms with van der Waals surface area (Å²) in [5.41, 5.74) is 0.724. The van der Waals surface area contributed by atoms with Crippen LogP contribution in [0.4, 0.5) is 0 Å². The molecular formula is C19H27N3O2. The Bertz CT molecular complexity index is 567. The molecule has 2 heterocycles. The number of nitrogens with zero attached hydrogens (tertiary/aromatic N) is 3. The zero-order valence-electron chi connectivity index (χ0n) is 14.5. The normalized spacial score (nSPS) is 22.5. The van der Waals surface area contributed by atoms with Gasteiger partial charge in [0.15, 0.2) is 0 Å². The van der Waals surface area contributed by atoms with Crippen LogP contribution in [0.25, 0.3) is 0 Å². The number of benzene rings is 1. The summed E-state index contributed by atoms with van der Waals surface area (Å²) in [6.07, 6.45) is 3.30. The van der Waals surface area contributed by atoms with Crippen molar-refractivity contribution in [1.29, 1.82) is 0 Å². The topological polar surface area (TPSA) is 43.9 Å². The van der Waals surface area contributed by atoms with E-state index in [0.29, 0.717) is 26.2 Å². The third-order valence-electron chi connectivity index (χ3n) is 5.20. The summed E-state index contributed by atoms with van der Waals surface area (Å²) in [6.45, 7) is 6.62. The van der Waals surface area contributed by atoms with Crippen LogP contribution in [0.1, 0.15) is 36.5 Å². The molecule has 2 fully saturated rings. The number of likely N-dealkylation sites (tertiary alicyclic amines) is 1. The van der Waals surface area contributed by atoms with Gasteiger partial charge in [-0.15, -0.1) is 0 Å². The first-order valence-electron chi connectivity index (χ1n) is 9.08. The largest absolute Gasteiger partial charge is 0.338 e. The van der Waals surface area contributed by atoms with E-state index in [2.05, 4.69) is 11.8 Å². The van der Waals surface area contributed by atoms with E-state index in [1.54, 1.807) is 0 Å². The third kappa shape index (κ3) is 3.61. The van der Waals surface area contributed by atoms with Crippen molar-refractivity contribution in [2.75, 3.05) is 39.3 Å². The molecule has 2 aliphatic rings. The molecule has 0 unspecified atom stereocenters. The third-order valence-corrected chi connectivity index (χ3v) is 5.20. The van der Waals surface area contributed by atoms with Gasteiger partial charge in [0.05, 0.1) is 6.04 Å². The van der Waals surface area contributed by atoms with Crippen LogP contribution in [-0.4, -0.2) is 71.8 Å². The number of rotatable bonds is 3. The SMILES string of the molecule is CCN1CCCC[C@H]1C(=O)N1CCN(C(=O)c2ccccc2)CC1. The van der Waals surface area contributed by atoms with Gasteiger partial charge in [0, 0.05) is 31.7 Å². The van der Waals surface area contributed by atoms with Crippen molar-refractivity contribution in [3.05, 3.63) is 35.9 Å². The Hall–Kier alpha value is -1.88. The maximum atomic E-state index is 12.8. The second kappa shape index (κ2) is 7.79. The van der Waals surface area contributed by atoms with Crippen molar-refractivity contribution in [3.8, 4) is 0 Å². The molecule has 0 radical (unpaired) electrons. The van der Waals surface area contributed by atoms with Crippen LogP contribution in [-0.2, 0) is 4.79 Å². The molecule has 0 spiro atoms. The molecule has 1 aromatic carbocycles. The molecule has 2 amide bonds. The molecule has 0 N–H and O–H groups in total. The predicted molar refractivity (Wildman–Crippen MR) is 93.8 cm³/mol. The molecule has 5 heteroatoms. The number of carbonyl (C=O) groups excluding carboxylic acids is 2. The molecule has 2 aliphatic heterocycles. The standard InChI is InChI=1S/C19H27N3O2/c1-2-20-11-7-6-10-17(20)19(24)22-14-12-21(13-15-22)18(23)16-8-4-3-5-9-16/h3-5,8-9,17H,2,6-7,10-15H2,1H3/t17-/m0/s1. The van der Waals surface area contributed by atoms with Gasteiger partial charge in [-0.2, -0.15) is 0 Å². The quantitative estimate of drug-likeness (QED) is 0.850. The molecule has 1 atom stereocenters. The number of piperazine rings is 1. The zero-order chi connectivity index (χ0) is 16.9. The Balaban J connectivity index is 1.56. The van der Waals surface area contributed by atoms with Gasteiger partial charge < -0.3 is 9.80 Å². The average molecular weight is 329 g/mol. The zero-order valence-corrected chi connectivity index (χ0v) is 14.5. The van der Waals surface area contributed by atoms with Gasteiger partial charge in [0.1, 0.15) is 0 Å². The van der Waals surface area contributed by atoms with Gasteiger partial charge in [0.25, 0.3) is 5.91 Å².